The summed E-state index contributed by atoms with van der Waals surface area (Å²) in [5.41, 5.74) is 2.83. The van der Waals surface area contributed by atoms with E-state index in [1.165, 1.54) is 11.1 Å². The maximum atomic E-state index is 8.63. The predicted octanol–water partition coefficient (Wildman–Crippen LogP) is 9.01. The zero-order valence-electron chi connectivity index (χ0n) is 26.3. The van der Waals surface area contributed by atoms with Crippen LogP contribution in [0.2, 0.25) is 0 Å². The van der Waals surface area contributed by atoms with E-state index in [9.17, 15) is 0 Å². The van der Waals surface area contributed by atoms with E-state index in [1.807, 2.05) is 30.3 Å². The molecule has 5 aromatic carbocycles. The van der Waals surface area contributed by atoms with E-state index < -0.39 is 0 Å². The molecule has 232 valence electrons. The summed E-state index contributed by atoms with van der Waals surface area (Å²) in [7, 11) is 2.00. The molecule has 5 N–H and O–H groups in total. The molecular weight excluding hydrogens is 536 g/mol. The van der Waals surface area contributed by atoms with Gasteiger partial charge in [-0.1, -0.05) is 143 Å². The highest BCUT2D eigenvalue weighted by Gasteiger charge is 1.94. The molecule has 0 aliphatic rings. The SMILES string of the molecule is CC(C)c1ccccc1.CC(C)c1ccccc1.CO.CO.Oc1ccccc1.Oc1ccccc1.Oc1ccccc1. The Morgan fingerprint density at radius 2 is 0.465 bits per heavy atom. The van der Waals surface area contributed by atoms with Crippen LogP contribution in [0.15, 0.2) is 152 Å². The van der Waals surface area contributed by atoms with E-state index >= 15 is 0 Å². The molecule has 0 radical (unpaired) electrons. The summed E-state index contributed by atoms with van der Waals surface area (Å²) in [6.45, 7) is 8.81. The van der Waals surface area contributed by atoms with Crippen LogP contribution in [0.5, 0.6) is 17.2 Å². The summed E-state index contributed by atoms with van der Waals surface area (Å²) in [6, 6.07) is 47.2. The van der Waals surface area contributed by atoms with Crippen LogP contribution in [0.25, 0.3) is 0 Å². The molecule has 43 heavy (non-hydrogen) atoms. The number of benzene rings is 5. The van der Waals surface area contributed by atoms with Gasteiger partial charge in [-0.2, -0.15) is 0 Å². The van der Waals surface area contributed by atoms with Crippen LogP contribution in [0.3, 0.4) is 0 Å². The first-order chi connectivity index (χ1) is 20.8. The Kier molecular flexibility index (Phi) is 27.3. The van der Waals surface area contributed by atoms with Gasteiger partial charge >= 0.3 is 0 Å². The molecule has 0 aliphatic carbocycles. The molecule has 0 heterocycles. The summed E-state index contributed by atoms with van der Waals surface area (Å²) >= 11 is 0. The van der Waals surface area contributed by atoms with Crippen LogP contribution in [-0.2, 0) is 0 Å². The zero-order chi connectivity index (χ0) is 32.7. The van der Waals surface area contributed by atoms with Crippen LogP contribution in [0.4, 0.5) is 0 Å². The lowest BCUT2D eigenvalue weighted by atomic mass is 10.0. The average molecular weight is 587 g/mol. The highest BCUT2D eigenvalue weighted by molar-refractivity contribution is 5.20. The quantitative estimate of drug-likeness (QED) is 0.142. The van der Waals surface area contributed by atoms with Crippen molar-refractivity contribution in [2.45, 2.75) is 39.5 Å². The minimum Gasteiger partial charge on any atom is -0.508 e. The molecular formula is C38H50O5. The largest absolute Gasteiger partial charge is 0.508 e. The number of phenolic OH excluding ortho intramolecular Hbond substituents is 3. The first-order valence-electron chi connectivity index (χ1n) is 14.0. The Morgan fingerprint density at radius 1 is 0.302 bits per heavy atom. The normalized spacial score (nSPS) is 8.70. The molecule has 5 rings (SSSR count). The van der Waals surface area contributed by atoms with E-state index in [0.29, 0.717) is 29.1 Å². The summed E-state index contributed by atoms with van der Waals surface area (Å²) in [5.74, 6) is 2.28. The molecule has 0 spiro atoms. The first-order valence-corrected chi connectivity index (χ1v) is 14.0. The Bertz CT molecular complexity index is 1070. The van der Waals surface area contributed by atoms with Gasteiger partial charge in [0.1, 0.15) is 17.2 Å². The molecule has 5 aromatic rings. The molecule has 0 unspecified atom stereocenters. The van der Waals surface area contributed by atoms with Gasteiger partial charge in [-0.25, -0.2) is 0 Å². The Balaban J connectivity index is 0. The van der Waals surface area contributed by atoms with Gasteiger partial charge in [0.15, 0.2) is 0 Å². The van der Waals surface area contributed by atoms with Gasteiger partial charge in [0, 0.05) is 14.2 Å². The Hall–Kier alpha value is -4.58. The number of rotatable bonds is 2. The predicted molar refractivity (Wildman–Crippen MR) is 182 cm³/mol. The minimum absolute atomic E-state index is 0.322. The molecule has 0 atom stereocenters. The number of aromatic hydroxyl groups is 3. The topological polar surface area (TPSA) is 101 Å². The van der Waals surface area contributed by atoms with E-state index in [0.717, 1.165) is 14.2 Å². The molecule has 5 nitrogen and oxygen atoms in total. The first kappa shape index (κ1) is 40.6. The van der Waals surface area contributed by atoms with Crippen molar-refractivity contribution in [1.82, 2.24) is 0 Å². The van der Waals surface area contributed by atoms with Gasteiger partial charge in [-0.15, -0.1) is 0 Å². The van der Waals surface area contributed by atoms with Gasteiger partial charge in [0.2, 0.25) is 0 Å². The molecule has 0 aromatic heterocycles. The smallest absolute Gasteiger partial charge is 0.115 e. The van der Waals surface area contributed by atoms with Crippen LogP contribution >= 0.6 is 0 Å². The monoisotopic (exact) mass is 586 g/mol. The van der Waals surface area contributed by atoms with Crippen LogP contribution in [0, 0.1) is 0 Å². The molecule has 0 amide bonds. The summed E-state index contributed by atoms with van der Waals surface area (Å²) in [6.07, 6.45) is 0. The lowest BCUT2D eigenvalue weighted by Gasteiger charge is -2.01. The Labute approximate surface area is 259 Å². The number of para-hydroxylation sites is 3. The fourth-order valence-corrected chi connectivity index (χ4v) is 2.96. The maximum absolute atomic E-state index is 8.63. The Morgan fingerprint density at radius 3 is 0.558 bits per heavy atom. The lowest BCUT2D eigenvalue weighted by molar-refractivity contribution is 0.399. The van der Waals surface area contributed by atoms with Crippen molar-refractivity contribution < 1.29 is 25.5 Å². The van der Waals surface area contributed by atoms with Crippen LogP contribution < -0.4 is 0 Å². The number of phenols is 3. The zero-order valence-corrected chi connectivity index (χ0v) is 26.3. The second-order valence-corrected chi connectivity index (χ2v) is 9.14. The van der Waals surface area contributed by atoms with Crippen molar-refractivity contribution in [3.8, 4) is 17.2 Å². The average Bonchev–Trinajstić information content (AvgIpc) is 3.06. The van der Waals surface area contributed by atoms with Crippen molar-refractivity contribution in [1.29, 1.82) is 0 Å². The van der Waals surface area contributed by atoms with Crippen LogP contribution in [-0.4, -0.2) is 39.8 Å². The van der Waals surface area contributed by atoms with Crippen molar-refractivity contribution in [2.75, 3.05) is 14.2 Å². The van der Waals surface area contributed by atoms with Gasteiger partial charge in [0.05, 0.1) is 0 Å². The van der Waals surface area contributed by atoms with Gasteiger partial charge in [0.25, 0.3) is 0 Å². The molecule has 5 heteroatoms. The van der Waals surface area contributed by atoms with E-state index in [1.54, 1.807) is 72.8 Å². The van der Waals surface area contributed by atoms with Gasteiger partial charge in [-0.05, 0) is 59.4 Å². The van der Waals surface area contributed by atoms with Gasteiger partial charge in [-0.3, -0.25) is 0 Å². The molecule has 0 saturated heterocycles. The van der Waals surface area contributed by atoms with E-state index in [4.69, 9.17) is 25.5 Å². The highest BCUT2D eigenvalue weighted by atomic mass is 16.3. The van der Waals surface area contributed by atoms with Gasteiger partial charge < -0.3 is 25.5 Å². The third-order valence-corrected chi connectivity index (χ3v) is 5.20. The minimum atomic E-state index is 0.322. The second-order valence-electron chi connectivity index (χ2n) is 9.14. The third kappa shape index (κ3) is 24.9. The standard InChI is InChI=1S/2C9H12.3C6H6O.2CH4O/c2*1-8(2)9-6-4-3-5-7-9;3*7-6-4-2-1-3-5-6;2*1-2/h2*3-8H,1-2H3;3*1-5,7H;2*2H,1H3. The fourth-order valence-electron chi connectivity index (χ4n) is 2.96. The summed E-state index contributed by atoms with van der Waals surface area (Å²) < 4.78 is 0. The van der Waals surface area contributed by atoms with Crippen molar-refractivity contribution in [3.63, 3.8) is 0 Å². The third-order valence-electron chi connectivity index (χ3n) is 5.20. The van der Waals surface area contributed by atoms with Crippen LogP contribution in [0.1, 0.15) is 50.7 Å². The fraction of sp³-hybridized carbons (Fsp3) is 0.211. The van der Waals surface area contributed by atoms with Crippen molar-refractivity contribution in [2.24, 2.45) is 0 Å². The highest BCUT2D eigenvalue weighted by Crippen LogP contribution is 2.12. The molecule has 0 saturated carbocycles. The maximum Gasteiger partial charge on any atom is 0.115 e. The molecule has 0 bridgehead atoms. The van der Waals surface area contributed by atoms with E-state index in [2.05, 4.69) is 76.2 Å². The number of hydrogen-bond acceptors (Lipinski definition) is 5. The van der Waals surface area contributed by atoms with Crippen molar-refractivity contribution >= 4 is 0 Å². The van der Waals surface area contributed by atoms with E-state index in [-0.39, 0.29) is 0 Å². The lowest BCUT2D eigenvalue weighted by Crippen LogP contribution is -1.83. The number of hydrogen-bond donors (Lipinski definition) is 5. The van der Waals surface area contributed by atoms with Crippen molar-refractivity contribution in [3.05, 3.63) is 163 Å². The number of aliphatic hydroxyl groups is 2. The number of aliphatic hydroxyl groups excluding tert-OH is 2. The second kappa shape index (κ2) is 28.9. The summed E-state index contributed by atoms with van der Waals surface area (Å²) in [5, 5.41) is 39.9. The molecule has 0 fully saturated rings. The molecule has 0 aliphatic heterocycles. The summed E-state index contributed by atoms with van der Waals surface area (Å²) in [4.78, 5) is 0.